The van der Waals surface area contributed by atoms with E-state index in [-0.39, 0.29) is 0 Å². The first-order chi connectivity index (χ1) is 7.27. The number of rotatable bonds is 1. The molecule has 0 saturated heterocycles. The summed E-state index contributed by atoms with van der Waals surface area (Å²) in [7, 11) is 0. The van der Waals surface area contributed by atoms with E-state index in [1.54, 1.807) is 0 Å². The van der Waals surface area contributed by atoms with Crippen molar-refractivity contribution in [3.05, 3.63) is 29.3 Å². The van der Waals surface area contributed by atoms with Gasteiger partial charge in [0.15, 0.2) is 0 Å². The van der Waals surface area contributed by atoms with Gasteiger partial charge in [-0.15, -0.1) is 0 Å². The van der Waals surface area contributed by atoms with Gasteiger partial charge in [-0.1, -0.05) is 31.7 Å². The van der Waals surface area contributed by atoms with Crippen LogP contribution in [0.25, 0.3) is 0 Å². The summed E-state index contributed by atoms with van der Waals surface area (Å²) in [5, 5.41) is 0. The summed E-state index contributed by atoms with van der Waals surface area (Å²) >= 11 is 0. The molecule has 0 amide bonds. The van der Waals surface area contributed by atoms with Gasteiger partial charge >= 0.3 is 0 Å². The molecule has 1 aliphatic carbocycles. The fourth-order valence-corrected chi connectivity index (χ4v) is 2.75. The molecule has 2 rings (SSSR count). The highest BCUT2D eigenvalue weighted by Gasteiger charge is 2.15. The van der Waals surface area contributed by atoms with Crippen molar-refractivity contribution in [1.82, 2.24) is 0 Å². The lowest BCUT2D eigenvalue weighted by Gasteiger charge is -2.17. The normalized spacial score (nSPS) is 18.7. The van der Waals surface area contributed by atoms with Crippen LogP contribution in [0.15, 0.2) is 18.2 Å². The summed E-state index contributed by atoms with van der Waals surface area (Å²) in [6, 6.07) is 6.40. The van der Waals surface area contributed by atoms with Crippen LogP contribution >= 0.6 is 0 Å². The van der Waals surface area contributed by atoms with Crippen molar-refractivity contribution in [2.45, 2.75) is 51.4 Å². The molecular formula is C14H21N. The molecule has 0 unspecified atom stereocenters. The quantitative estimate of drug-likeness (QED) is 0.541. The fourth-order valence-electron chi connectivity index (χ4n) is 2.75. The molecule has 1 saturated carbocycles. The van der Waals surface area contributed by atoms with E-state index < -0.39 is 0 Å². The van der Waals surface area contributed by atoms with Gasteiger partial charge in [0, 0.05) is 5.69 Å². The molecule has 0 aliphatic heterocycles. The van der Waals surface area contributed by atoms with E-state index in [1.807, 2.05) is 6.07 Å². The number of aryl methyl sites for hydroxylation is 1. The first-order valence-corrected chi connectivity index (χ1v) is 6.13. The molecule has 0 atom stereocenters. The zero-order valence-electron chi connectivity index (χ0n) is 9.63. The van der Waals surface area contributed by atoms with Gasteiger partial charge in [0.2, 0.25) is 0 Å². The van der Waals surface area contributed by atoms with Crippen molar-refractivity contribution >= 4 is 5.69 Å². The Kier molecular flexibility index (Phi) is 3.30. The largest absolute Gasteiger partial charge is 0.399 e. The topological polar surface area (TPSA) is 26.0 Å². The molecular weight excluding hydrogens is 182 g/mol. The van der Waals surface area contributed by atoms with Gasteiger partial charge in [-0.2, -0.15) is 0 Å². The van der Waals surface area contributed by atoms with Crippen molar-refractivity contribution in [2.24, 2.45) is 0 Å². The molecule has 2 N–H and O–H groups in total. The Bertz CT molecular complexity index is 322. The second kappa shape index (κ2) is 4.69. The summed E-state index contributed by atoms with van der Waals surface area (Å²) in [5.74, 6) is 0.785. The summed E-state index contributed by atoms with van der Waals surface area (Å²) in [6.07, 6.45) is 8.37. The van der Waals surface area contributed by atoms with E-state index in [4.69, 9.17) is 5.73 Å². The highest BCUT2D eigenvalue weighted by atomic mass is 14.5. The number of benzene rings is 1. The van der Waals surface area contributed by atoms with Crippen molar-refractivity contribution in [3.63, 3.8) is 0 Å². The molecule has 15 heavy (non-hydrogen) atoms. The summed E-state index contributed by atoms with van der Waals surface area (Å²) in [6.45, 7) is 2.19. The number of hydrogen-bond donors (Lipinski definition) is 1. The standard InChI is InChI=1S/C14H21N/c1-11-10-13(15)8-9-14(11)12-6-4-2-3-5-7-12/h8-10,12H,2-7,15H2,1H3. The van der Waals surface area contributed by atoms with Crippen molar-refractivity contribution in [1.29, 1.82) is 0 Å². The van der Waals surface area contributed by atoms with Crippen LogP contribution in [0, 0.1) is 6.92 Å². The molecule has 0 heterocycles. The molecule has 1 aromatic rings. The number of nitrogen functional groups attached to an aromatic ring is 1. The summed E-state index contributed by atoms with van der Waals surface area (Å²) < 4.78 is 0. The third-order valence-electron chi connectivity index (χ3n) is 3.59. The minimum Gasteiger partial charge on any atom is -0.399 e. The Balaban J connectivity index is 2.19. The molecule has 1 nitrogen and oxygen atoms in total. The van der Waals surface area contributed by atoms with Gasteiger partial charge in [-0.25, -0.2) is 0 Å². The van der Waals surface area contributed by atoms with Crippen LogP contribution in [0.4, 0.5) is 5.69 Å². The Morgan fingerprint density at radius 3 is 2.33 bits per heavy atom. The van der Waals surface area contributed by atoms with Gasteiger partial charge < -0.3 is 5.73 Å². The molecule has 0 bridgehead atoms. The summed E-state index contributed by atoms with van der Waals surface area (Å²) in [5.41, 5.74) is 9.59. The highest BCUT2D eigenvalue weighted by molar-refractivity contribution is 5.45. The molecule has 1 fully saturated rings. The highest BCUT2D eigenvalue weighted by Crippen LogP contribution is 2.33. The van der Waals surface area contributed by atoms with Crippen LogP contribution < -0.4 is 5.73 Å². The second-order valence-electron chi connectivity index (χ2n) is 4.80. The van der Waals surface area contributed by atoms with Crippen LogP contribution in [0.2, 0.25) is 0 Å². The zero-order chi connectivity index (χ0) is 10.7. The van der Waals surface area contributed by atoms with E-state index in [9.17, 15) is 0 Å². The van der Waals surface area contributed by atoms with E-state index in [2.05, 4.69) is 19.1 Å². The average molecular weight is 203 g/mol. The number of nitrogens with two attached hydrogens (primary N) is 1. The number of anilines is 1. The average Bonchev–Trinajstić information content (AvgIpc) is 2.46. The molecule has 1 aliphatic rings. The minimum absolute atomic E-state index is 0.785. The maximum atomic E-state index is 5.79. The van der Waals surface area contributed by atoms with Crippen molar-refractivity contribution in [2.75, 3.05) is 5.73 Å². The Morgan fingerprint density at radius 1 is 1.07 bits per heavy atom. The van der Waals surface area contributed by atoms with Gasteiger partial charge in [0.1, 0.15) is 0 Å². The minimum atomic E-state index is 0.785. The predicted octanol–water partition coefficient (Wildman–Crippen LogP) is 4.02. The van der Waals surface area contributed by atoms with Gasteiger partial charge in [0.25, 0.3) is 0 Å². The Hall–Kier alpha value is -0.980. The van der Waals surface area contributed by atoms with Gasteiger partial charge in [-0.05, 0) is 48.9 Å². The maximum Gasteiger partial charge on any atom is 0.0316 e. The zero-order valence-corrected chi connectivity index (χ0v) is 9.63. The first-order valence-electron chi connectivity index (χ1n) is 6.13. The van der Waals surface area contributed by atoms with Crippen LogP contribution in [0.1, 0.15) is 55.6 Å². The summed E-state index contributed by atoms with van der Waals surface area (Å²) in [4.78, 5) is 0. The molecule has 0 aromatic heterocycles. The predicted molar refractivity (Wildman–Crippen MR) is 66.0 cm³/mol. The van der Waals surface area contributed by atoms with Gasteiger partial charge in [-0.3, -0.25) is 0 Å². The van der Waals surface area contributed by atoms with Crippen molar-refractivity contribution in [3.8, 4) is 0 Å². The number of hydrogen-bond acceptors (Lipinski definition) is 1. The second-order valence-corrected chi connectivity index (χ2v) is 4.80. The lowest BCUT2D eigenvalue weighted by Crippen LogP contribution is -2.00. The lowest BCUT2D eigenvalue weighted by atomic mass is 9.88. The lowest BCUT2D eigenvalue weighted by molar-refractivity contribution is 0.590. The van der Waals surface area contributed by atoms with Crippen LogP contribution in [0.5, 0.6) is 0 Å². The van der Waals surface area contributed by atoms with E-state index >= 15 is 0 Å². The molecule has 82 valence electrons. The van der Waals surface area contributed by atoms with Crippen LogP contribution in [-0.2, 0) is 0 Å². The Labute approximate surface area is 92.7 Å². The SMILES string of the molecule is Cc1cc(N)ccc1C1CCCCCC1. The van der Waals surface area contributed by atoms with Crippen LogP contribution in [0.3, 0.4) is 0 Å². The van der Waals surface area contributed by atoms with Gasteiger partial charge in [0.05, 0.1) is 0 Å². The third-order valence-corrected chi connectivity index (χ3v) is 3.59. The molecule has 1 heteroatoms. The monoisotopic (exact) mass is 203 g/mol. The smallest absolute Gasteiger partial charge is 0.0316 e. The first kappa shape index (κ1) is 10.5. The maximum absolute atomic E-state index is 5.79. The Morgan fingerprint density at radius 2 is 1.73 bits per heavy atom. The van der Waals surface area contributed by atoms with E-state index in [1.165, 1.54) is 49.7 Å². The molecule has 0 radical (unpaired) electrons. The third kappa shape index (κ3) is 2.53. The van der Waals surface area contributed by atoms with Crippen molar-refractivity contribution < 1.29 is 0 Å². The van der Waals surface area contributed by atoms with E-state index in [0.29, 0.717) is 0 Å². The molecule has 1 aromatic carbocycles. The van der Waals surface area contributed by atoms with Crippen LogP contribution in [-0.4, -0.2) is 0 Å². The molecule has 0 spiro atoms. The van der Waals surface area contributed by atoms with E-state index in [0.717, 1.165) is 11.6 Å². The fraction of sp³-hybridized carbons (Fsp3) is 0.571.